The fourth-order valence-corrected chi connectivity index (χ4v) is 8.57. The number of nitrogens with one attached hydrogen (secondary N) is 1. The number of carbonyl (C=O) groups is 2. The van der Waals surface area contributed by atoms with Gasteiger partial charge in [-0.1, -0.05) is 24.3 Å². The van der Waals surface area contributed by atoms with Crippen molar-refractivity contribution in [1.82, 2.24) is 0 Å². The van der Waals surface area contributed by atoms with Gasteiger partial charge in [0.05, 0.1) is 17.6 Å². The summed E-state index contributed by atoms with van der Waals surface area (Å²) >= 11 is 1.56. The Bertz CT molecular complexity index is 1030. The predicted octanol–water partition coefficient (Wildman–Crippen LogP) is 5.85. The van der Waals surface area contributed by atoms with Crippen LogP contribution in [0, 0.1) is 23.2 Å². The number of fused-ring (bicyclic) bond motifs is 3. The molecule has 0 unspecified atom stereocenters. The van der Waals surface area contributed by atoms with Gasteiger partial charge in [0.25, 0.3) is 0 Å². The molecule has 1 aromatic heterocycles. The van der Waals surface area contributed by atoms with E-state index < -0.39 is 0 Å². The normalized spacial score (nSPS) is 29.9. The maximum Gasteiger partial charge on any atom is 0.341 e. The van der Waals surface area contributed by atoms with Gasteiger partial charge in [-0.15, -0.1) is 11.3 Å². The third-order valence-corrected chi connectivity index (χ3v) is 9.32. The van der Waals surface area contributed by atoms with Crippen LogP contribution >= 0.6 is 11.3 Å². The van der Waals surface area contributed by atoms with E-state index in [4.69, 9.17) is 4.74 Å². The molecule has 0 spiro atoms. The van der Waals surface area contributed by atoms with E-state index in [-0.39, 0.29) is 17.3 Å². The fourth-order valence-electron chi connectivity index (χ4n) is 7.27. The van der Waals surface area contributed by atoms with Gasteiger partial charge in [-0.3, -0.25) is 4.79 Å². The van der Waals surface area contributed by atoms with Crippen molar-refractivity contribution in [2.24, 2.45) is 23.2 Å². The molecule has 0 radical (unpaired) electrons. The Hall–Kier alpha value is -2.14. The molecule has 1 N–H and O–H groups in total. The fraction of sp³-hybridized carbons (Fsp3) is 0.538. The first-order valence-electron chi connectivity index (χ1n) is 11.8. The summed E-state index contributed by atoms with van der Waals surface area (Å²) in [6.45, 7) is 2.17. The molecule has 1 amide bonds. The Balaban J connectivity index is 1.38. The van der Waals surface area contributed by atoms with Crippen molar-refractivity contribution in [1.29, 1.82) is 0 Å². The first kappa shape index (κ1) is 19.5. The Morgan fingerprint density at radius 2 is 1.74 bits per heavy atom. The summed E-state index contributed by atoms with van der Waals surface area (Å²) in [4.78, 5) is 27.8. The van der Waals surface area contributed by atoms with E-state index in [9.17, 15) is 9.59 Å². The van der Waals surface area contributed by atoms with Crippen LogP contribution in [-0.4, -0.2) is 18.5 Å². The topological polar surface area (TPSA) is 55.4 Å². The zero-order valence-corrected chi connectivity index (χ0v) is 18.9. The van der Waals surface area contributed by atoms with Crippen molar-refractivity contribution < 1.29 is 14.3 Å². The highest BCUT2D eigenvalue weighted by molar-refractivity contribution is 7.20. The maximum atomic E-state index is 13.7. The summed E-state index contributed by atoms with van der Waals surface area (Å²) in [5.41, 5.74) is 3.90. The second kappa shape index (κ2) is 7.19. The number of anilines is 1. The molecule has 7 rings (SSSR count). The van der Waals surface area contributed by atoms with Crippen molar-refractivity contribution >= 4 is 28.2 Å². The molecule has 0 aliphatic heterocycles. The summed E-state index contributed by atoms with van der Waals surface area (Å²) in [6.07, 6.45) is 8.72. The summed E-state index contributed by atoms with van der Waals surface area (Å²) < 4.78 is 5.43. The van der Waals surface area contributed by atoms with Gasteiger partial charge in [-0.25, -0.2) is 4.79 Å². The standard InChI is InChI=1S/C26H29NO3S/c1-2-30-24(28)21-20-8-7-18-5-3-4-6-19(18)22(20)31-23(21)27-25(29)26-12-15-9-16(13-26)11-17(10-15)14-26/h3-6,15-17H,2,7-14H2,1H3,(H,27,29). The molecule has 4 saturated carbocycles. The lowest BCUT2D eigenvalue weighted by Gasteiger charge is -2.55. The summed E-state index contributed by atoms with van der Waals surface area (Å²) in [5.74, 6) is 1.98. The molecule has 5 aliphatic carbocycles. The number of benzene rings is 1. The molecule has 4 fully saturated rings. The van der Waals surface area contributed by atoms with Gasteiger partial charge in [0.1, 0.15) is 5.00 Å². The number of carbonyl (C=O) groups excluding carboxylic acids is 2. The second-order valence-corrected chi connectivity index (χ2v) is 11.2. The van der Waals surface area contributed by atoms with Crippen LogP contribution in [0.15, 0.2) is 24.3 Å². The number of thiophene rings is 1. The molecule has 4 bridgehead atoms. The number of hydrogen-bond donors (Lipinski definition) is 1. The minimum absolute atomic E-state index is 0.143. The number of ether oxygens (including phenoxy) is 1. The van der Waals surface area contributed by atoms with Gasteiger partial charge in [0, 0.05) is 4.88 Å². The van der Waals surface area contributed by atoms with E-state index >= 15 is 0 Å². The molecule has 0 saturated heterocycles. The maximum absolute atomic E-state index is 13.7. The van der Waals surface area contributed by atoms with Crippen LogP contribution in [0.25, 0.3) is 10.4 Å². The van der Waals surface area contributed by atoms with Gasteiger partial charge < -0.3 is 10.1 Å². The highest BCUT2D eigenvalue weighted by Gasteiger charge is 2.54. The van der Waals surface area contributed by atoms with E-state index in [1.807, 2.05) is 13.0 Å². The smallest absolute Gasteiger partial charge is 0.341 e. The van der Waals surface area contributed by atoms with Gasteiger partial charge >= 0.3 is 5.97 Å². The highest BCUT2D eigenvalue weighted by Crippen LogP contribution is 2.60. The third kappa shape index (κ3) is 3.07. The molecule has 5 heteroatoms. The van der Waals surface area contributed by atoms with Crippen molar-refractivity contribution in [2.75, 3.05) is 11.9 Å². The van der Waals surface area contributed by atoms with Crippen molar-refractivity contribution in [3.05, 3.63) is 41.0 Å². The number of esters is 1. The van der Waals surface area contributed by atoms with Crippen LogP contribution in [0.4, 0.5) is 5.00 Å². The molecule has 0 atom stereocenters. The SMILES string of the molecule is CCOC(=O)c1c(NC(=O)C23CC4CC(CC(C4)C2)C3)sc2c1CCc1ccccc1-2. The first-order valence-corrected chi connectivity index (χ1v) is 12.6. The lowest BCUT2D eigenvalue weighted by Crippen LogP contribution is -2.51. The van der Waals surface area contributed by atoms with Gasteiger partial charge in [0.15, 0.2) is 0 Å². The van der Waals surface area contributed by atoms with Gasteiger partial charge in [-0.2, -0.15) is 0 Å². The average Bonchev–Trinajstić information content (AvgIpc) is 3.11. The molecule has 1 heterocycles. The quantitative estimate of drug-likeness (QED) is 0.613. The van der Waals surface area contributed by atoms with Gasteiger partial charge in [-0.05, 0) is 92.7 Å². The molecular weight excluding hydrogens is 406 g/mol. The summed E-state index contributed by atoms with van der Waals surface area (Å²) in [7, 11) is 0. The van der Waals surface area contributed by atoms with E-state index in [1.165, 1.54) is 30.4 Å². The van der Waals surface area contributed by atoms with E-state index in [2.05, 4.69) is 23.5 Å². The predicted molar refractivity (Wildman–Crippen MR) is 122 cm³/mol. The third-order valence-electron chi connectivity index (χ3n) is 8.14. The zero-order chi connectivity index (χ0) is 21.2. The second-order valence-electron chi connectivity index (χ2n) is 10.1. The van der Waals surface area contributed by atoms with E-state index in [0.717, 1.165) is 42.5 Å². The average molecular weight is 436 g/mol. The zero-order valence-electron chi connectivity index (χ0n) is 18.0. The Kier molecular flexibility index (Phi) is 4.53. The van der Waals surface area contributed by atoms with E-state index in [0.29, 0.717) is 34.9 Å². The molecule has 5 aliphatic rings. The first-order chi connectivity index (χ1) is 15.1. The van der Waals surface area contributed by atoms with Crippen LogP contribution in [0.3, 0.4) is 0 Å². The van der Waals surface area contributed by atoms with Crippen molar-refractivity contribution in [3.8, 4) is 10.4 Å². The number of rotatable bonds is 4. The van der Waals surface area contributed by atoms with Crippen molar-refractivity contribution in [2.45, 2.75) is 58.3 Å². The largest absolute Gasteiger partial charge is 0.462 e. The number of amides is 1. The summed E-state index contributed by atoms with van der Waals surface area (Å²) in [6, 6.07) is 8.41. The van der Waals surface area contributed by atoms with Gasteiger partial charge in [0.2, 0.25) is 5.91 Å². The Morgan fingerprint density at radius 1 is 1.06 bits per heavy atom. The monoisotopic (exact) mass is 435 g/mol. The number of aryl methyl sites for hydroxylation is 1. The molecular formula is C26H29NO3S. The van der Waals surface area contributed by atoms with Crippen LogP contribution in [0.2, 0.25) is 0 Å². The minimum Gasteiger partial charge on any atom is -0.462 e. The minimum atomic E-state index is -0.305. The molecule has 162 valence electrons. The van der Waals surface area contributed by atoms with E-state index in [1.54, 1.807) is 11.3 Å². The molecule has 31 heavy (non-hydrogen) atoms. The molecule has 4 nitrogen and oxygen atoms in total. The highest BCUT2D eigenvalue weighted by atomic mass is 32.1. The molecule has 2 aromatic rings. The van der Waals surface area contributed by atoms with Crippen molar-refractivity contribution in [3.63, 3.8) is 0 Å². The lowest BCUT2D eigenvalue weighted by atomic mass is 9.49. The number of hydrogen-bond acceptors (Lipinski definition) is 4. The van der Waals surface area contributed by atoms with Crippen LogP contribution < -0.4 is 5.32 Å². The van der Waals surface area contributed by atoms with Crippen LogP contribution in [0.1, 0.15) is 66.9 Å². The lowest BCUT2D eigenvalue weighted by molar-refractivity contribution is -0.140. The van der Waals surface area contributed by atoms with Crippen LogP contribution in [-0.2, 0) is 22.4 Å². The van der Waals surface area contributed by atoms with Crippen LogP contribution in [0.5, 0.6) is 0 Å². The Morgan fingerprint density at radius 3 is 2.42 bits per heavy atom. The Labute approximate surface area is 187 Å². The molecule has 1 aromatic carbocycles. The summed E-state index contributed by atoms with van der Waals surface area (Å²) in [5, 5.41) is 3.97.